The lowest BCUT2D eigenvalue weighted by Crippen LogP contribution is -2.54. The molecule has 0 aliphatic carbocycles. The maximum Gasteiger partial charge on any atom is 0.253 e. The van der Waals surface area contributed by atoms with Gasteiger partial charge in [-0.15, -0.1) is 0 Å². The molecule has 1 N–H and O–H groups in total. The minimum absolute atomic E-state index is 0.0108. The van der Waals surface area contributed by atoms with Crippen molar-refractivity contribution in [3.63, 3.8) is 0 Å². The third kappa shape index (κ3) is 5.28. The molecule has 0 spiro atoms. The average molecular weight is 512 g/mol. The molecule has 1 amide bonds. The number of aryl methyl sites for hydroxylation is 1. The second-order valence-electron chi connectivity index (χ2n) is 9.08. The molecule has 3 heterocycles. The molecule has 5 rings (SSSR count). The molecule has 7 nitrogen and oxygen atoms in total. The van der Waals surface area contributed by atoms with E-state index in [1.54, 1.807) is 24.3 Å². The minimum Gasteiger partial charge on any atom is -0.390 e. The van der Waals surface area contributed by atoms with Crippen LogP contribution in [0.25, 0.3) is 11.3 Å². The van der Waals surface area contributed by atoms with Gasteiger partial charge in [0.05, 0.1) is 17.8 Å². The van der Waals surface area contributed by atoms with Crippen molar-refractivity contribution in [2.75, 3.05) is 44.2 Å². The molecule has 0 radical (unpaired) electrons. The van der Waals surface area contributed by atoms with E-state index < -0.39 is 6.10 Å². The van der Waals surface area contributed by atoms with Gasteiger partial charge in [-0.1, -0.05) is 35.3 Å². The van der Waals surface area contributed by atoms with Gasteiger partial charge in [0.1, 0.15) is 0 Å². The van der Waals surface area contributed by atoms with Gasteiger partial charge in [0.15, 0.2) is 0 Å². The Morgan fingerprint density at radius 2 is 1.69 bits per heavy atom. The molecule has 2 fully saturated rings. The number of anilines is 1. The number of amides is 1. The molecule has 0 saturated carbocycles. The van der Waals surface area contributed by atoms with Gasteiger partial charge in [-0.25, -0.2) is 9.97 Å². The van der Waals surface area contributed by atoms with Crippen LogP contribution in [-0.2, 0) is 0 Å². The van der Waals surface area contributed by atoms with Crippen molar-refractivity contribution in [3.05, 3.63) is 75.9 Å². The number of rotatable bonds is 4. The van der Waals surface area contributed by atoms with E-state index in [1.807, 2.05) is 47.1 Å². The van der Waals surface area contributed by atoms with Crippen molar-refractivity contribution >= 4 is 35.1 Å². The van der Waals surface area contributed by atoms with E-state index in [4.69, 9.17) is 28.2 Å². The summed E-state index contributed by atoms with van der Waals surface area (Å²) in [5.74, 6) is 0.620. The highest BCUT2D eigenvalue weighted by Gasteiger charge is 2.38. The summed E-state index contributed by atoms with van der Waals surface area (Å²) < 4.78 is 0. The van der Waals surface area contributed by atoms with Crippen LogP contribution in [0.1, 0.15) is 16.1 Å². The zero-order chi connectivity index (χ0) is 24.5. The Morgan fingerprint density at radius 3 is 2.40 bits per heavy atom. The van der Waals surface area contributed by atoms with Crippen LogP contribution in [0.4, 0.5) is 5.95 Å². The molecule has 2 saturated heterocycles. The Labute approximate surface area is 214 Å². The van der Waals surface area contributed by atoms with E-state index in [-0.39, 0.29) is 11.9 Å². The van der Waals surface area contributed by atoms with Gasteiger partial charge in [0.25, 0.3) is 5.91 Å². The third-order valence-electron chi connectivity index (χ3n) is 6.67. The Kier molecular flexibility index (Phi) is 6.93. The van der Waals surface area contributed by atoms with Gasteiger partial charge in [0.2, 0.25) is 5.95 Å². The highest BCUT2D eigenvalue weighted by Crippen LogP contribution is 2.27. The van der Waals surface area contributed by atoms with E-state index in [0.29, 0.717) is 60.8 Å². The van der Waals surface area contributed by atoms with Crippen molar-refractivity contribution in [1.29, 1.82) is 0 Å². The van der Waals surface area contributed by atoms with Crippen LogP contribution in [0.5, 0.6) is 0 Å². The van der Waals surface area contributed by atoms with Crippen molar-refractivity contribution < 1.29 is 9.90 Å². The van der Waals surface area contributed by atoms with Crippen LogP contribution >= 0.6 is 23.2 Å². The molecule has 0 unspecified atom stereocenters. The highest BCUT2D eigenvalue weighted by atomic mass is 35.5. The van der Waals surface area contributed by atoms with Gasteiger partial charge >= 0.3 is 0 Å². The molecular weight excluding hydrogens is 485 g/mol. The van der Waals surface area contributed by atoms with Crippen molar-refractivity contribution in [2.24, 2.45) is 0 Å². The molecule has 2 aliphatic rings. The van der Waals surface area contributed by atoms with Gasteiger partial charge in [-0.3, -0.25) is 9.69 Å². The maximum absolute atomic E-state index is 12.8. The standard InChI is InChI=1S/C26H27Cl2N5O2/c1-17-13-22(19-3-2-4-21(28)14-19)30-26(29-17)33-15-23(24(34)16-33)31-9-11-32(12-10-31)25(35)18-5-7-20(27)8-6-18/h2-8,13-14,23-24,34H,9-12,15-16H2,1H3/t23-,24-/m1/s1. The first-order valence-corrected chi connectivity index (χ1v) is 12.5. The number of hydrogen-bond acceptors (Lipinski definition) is 6. The van der Waals surface area contributed by atoms with Crippen LogP contribution in [0.3, 0.4) is 0 Å². The van der Waals surface area contributed by atoms with E-state index in [0.717, 1.165) is 17.0 Å². The lowest BCUT2D eigenvalue weighted by atomic mass is 10.1. The molecule has 1 aromatic heterocycles. The first kappa shape index (κ1) is 24.0. The summed E-state index contributed by atoms with van der Waals surface area (Å²) in [5, 5.41) is 12.2. The monoisotopic (exact) mass is 511 g/mol. The fourth-order valence-corrected chi connectivity index (χ4v) is 5.13. The second-order valence-corrected chi connectivity index (χ2v) is 9.95. The quantitative estimate of drug-likeness (QED) is 0.574. The fourth-order valence-electron chi connectivity index (χ4n) is 4.81. The summed E-state index contributed by atoms with van der Waals surface area (Å²) in [6, 6.07) is 16.5. The van der Waals surface area contributed by atoms with Crippen molar-refractivity contribution in [2.45, 2.75) is 19.1 Å². The summed E-state index contributed by atoms with van der Waals surface area (Å²) in [6.07, 6.45) is -0.521. The summed E-state index contributed by atoms with van der Waals surface area (Å²) in [6.45, 7) is 5.68. The first-order chi connectivity index (χ1) is 16.9. The van der Waals surface area contributed by atoms with Gasteiger partial charge < -0.3 is 14.9 Å². The summed E-state index contributed by atoms with van der Waals surface area (Å²) >= 11 is 12.1. The number of aromatic nitrogens is 2. The number of nitrogens with zero attached hydrogens (tertiary/aromatic N) is 5. The van der Waals surface area contributed by atoms with Crippen molar-refractivity contribution in [3.8, 4) is 11.3 Å². The van der Waals surface area contributed by atoms with Crippen LogP contribution in [0.2, 0.25) is 10.0 Å². The molecule has 2 atom stereocenters. The normalized spacial score (nSPS) is 20.9. The van der Waals surface area contributed by atoms with E-state index in [9.17, 15) is 9.90 Å². The molecule has 3 aromatic rings. The third-order valence-corrected chi connectivity index (χ3v) is 7.15. The summed E-state index contributed by atoms with van der Waals surface area (Å²) in [7, 11) is 0. The van der Waals surface area contributed by atoms with Crippen LogP contribution in [0, 0.1) is 6.92 Å². The summed E-state index contributed by atoms with van der Waals surface area (Å²) in [4.78, 5) is 28.4. The molecule has 182 valence electrons. The highest BCUT2D eigenvalue weighted by molar-refractivity contribution is 6.31. The first-order valence-electron chi connectivity index (χ1n) is 11.7. The number of aliphatic hydroxyl groups is 1. The molecule has 35 heavy (non-hydrogen) atoms. The zero-order valence-electron chi connectivity index (χ0n) is 19.4. The van der Waals surface area contributed by atoms with Crippen LogP contribution in [0.15, 0.2) is 54.6 Å². The second kappa shape index (κ2) is 10.1. The lowest BCUT2D eigenvalue weighted by molar-refractivity contribution is 0.0376. The number of benzene rings is 2. The van der Waals surface area contributed by atoms with Crippen molar-refractivity contribution in [1.82, 2.24) is 19.8 Å². The Balaban J connectivity index is 1.25. The number of carbonyl (C=O) groups is 1. The Hall–Kier alpha value is -2.71. The SMILES string of the molecule is Cc1cc(-c2cccc(Cl)c2)nc(N2C[C@@H](O)[C@H](N3CCN(C(=O)c4ccc(Cl)cc4)CC3)C2)n1. The average Bonchev–Trinajstić information content (AvgIpc) is 3.25. The largest absolute Gasteiger partial charge is 0.390 e. The zero-order valence-corrected chi connectivity index (χ0v) is 21.0. The number of hydrogen-bond donors (Lipinski definition) is 1. The van der Waals surface area contributed by atoms with E-state index >= 15 is 0 Å². The minimum atomic E-state index is -0.521. The smallest absolute Gasteiger partial charge is 0.253 e. The van der Waals surface area contributed by atoms with Crippen LogP contribution < -0.4 is 4.90 Å². The molecular formula is C26H27Cl2N5O2. The molecule has 9 heteroatoms. The van der Waals surface area contributed by atoms with Gasteiger partial charge in [-0.2, -0.15) is 0 Å². The molecule has 2 aromatic carbocycles. The predicted octanol–water partition coefficient (Wildman–Crippen LogP) is 3.77. The number of β-amino-alcohol motifs (C(OH)–C–C–N with tert-alkyl or cyclic N) is 1. The maximum atomic E-state index is 12.8. The number of carbonyl (C=O) groups excluding carboxylic acids is 1. The van der Waals surface area contributed by atoms with Gasteiger partial charge in [-0.05, 0) is 49.4 Å². The Bertz CT molecular complexity index is 1210. The number of aliphatic hydroxyl groups excluding tert-OH is 1. The van der Waals surface area contributed by atoms with E-state index in [2.05, 4.69) is 9.88 Å². The van der Waals surface area contributed by atoms with Gasteiger partial charge in [0, 0.05) is 66.1 Å². The number of piperazine rings is 1. The summed E-state index contributed by atoms with van der Waals surface area (Å²) in [5.41, 5.74) is 3.24. The molecule has 0 bridgehead atoms. The fraction of sp³-hybridized carbons (Fsp3) is 0.346. The van der Waals surface area contributed by atoms with E-state index in [1.165, 1.54) is 0 Å². The Morgan fingerprint density at radius 1 is 0.943 bits per heavy atom. The predicted molar refractivity (Wildman–Crippen MR) is 138 cm³/mol. The number of halogens is 2. The topological polar surface area (TPSA) is 72.8 Å². The molecule has 2 aliphatic heterocycles. The van der Waals surface area contributed by atoms with Crippen LogP contribution in [-0.4, -0.2) is 82.2 Å². The lowest BCUT2D eigenvalue weighted by Gasteiger charge is -2.38.